The molecule has 0 radical (unpaired) electrons. The number of benzene rings is 13. The zero-order valence-electron chi connectivity index (χ0n) is 54.3. The maximum absolute atomic E-state index is 6.93. The van der Waals surface area contributed by atoms with E-state index in [1.54, 1.807) is 0 Å². The molecule has 0 unspecified atom stereocenters. The van der Waals surface area contributed by atoms with Crippen LogP contribution in [0.1, 0.15) is 105 Å². The second-order valence-electron chi connectivity index (χ2n) is 30.2. The molecule has 2 aliphatic rings. The summed E-state index contributed by atoms with van der Waals surface area (Å²) >= 11 is 0. The Hall–Kier alpha value is -9.84. The predicted molar refractivity (Wildman–Crippen MR) is 392 cm³/mol. The zero-order valence-corrected chi connectivity index (χ0v) is 54.3. The van der Waals surface area contributed by atoms with Crippen LogP contribution < -0.4 is 26.2 Å². The molecular formula is C86H74BN3O. The summed E-state index contributed by atoms with van der Waals surface area (Å²) in [6, 6.07) is 88.6. The van der Waals surface area contributed by atoms with Crippen molar-refractivity contribution in [2.75, 3.05) is 9.80 Å². The van der Waals surface area contributed by atoms with Crippen molar-refractivity contribution >= 4 is 144 Å². The van der Waals surface area contributed by atoms with Gasteiger partial charge in [0.05, 0.1) is 11.0 Å². The van der Waals surface area contributed by atoms with Crippen LogP contribution in [0.25, 0.3) is 104 Å². The first-order valence-electron chi connectivity index (χ1n) is 32.6. The van der Waals surface area contributed by atoms with Gasteiger partial charge in [0.15, 0.2) is 5.58 Å². The molecule has 0 bridgehead atoms. The molecule has 0 saturated heterocycles. The van der Waals surface area contributed by atoms with E-state index < -0.39 is 0 Å². The standard InChI is InChI=1S/C86H74BN3O/c1-83(2,3)57-43-58(84(4,5)6)46-62(45-57)88-75-49-69-54(32-30-51-22-16-18-26-64(51)69)39-72(75)87-73-40-55-33-31-52-23-17-19-27-65(52)70(55)50-76(73)89(63-47-59(85(7,8)9)44-60(48-63)86(10,11)12)78-42-56(41-77(88)80(78)87)53-34-37-74-71(38-53)67-35-36-68-66-28-20-21-29-79(66)91-82(68)81(67)90(74)61-24-14-13-15-25-61/h13-50H,1-12H3. The highest BCUT2D eigenvalue weighted by Gasteiger charge is 2.45. The highest BCUT2D eigenvalue weighted by molar-refractivity contribution is 7.00. The topological polar surface area (TPSA) is 24.6 Å². The van der Waals surface area contributed by atoms with E-state index >= 15 is 0 Å². The maximum Gasteiger partial charge on any atom is 0.252 e. The number of aromatic nitrogens is 1. The van der Waals surface area contributed by atoms with Gasteiger partial charge in [0.1, 0.15) is 5.58 Å². The molecule has 2 aromatic heterocycles. The largest absolute Gasteiger partial charge is 0.454 e. The van der Waals surface area contributed by atoms with Gasteiger partial charge < -0.3 is 18.8 Å². The summed E-state index contributed by atoms with van der Waals surface area (Å²) in [6.07, 6.45) is 0. The maximum atomic E-state index is 6.93. The summed E-state index contributed by atoms with van der Waals surface area (Å²) in [5.41, 5.74) is 23.1. The van der Waals surface area contributed by atoms with Crippen LogP contribution in [0.5, 0.6) is 0 Å². The smallest absolute Gasteiger partial charge is 0.252 e. The van der Waals surface area contributed by atoms with Crippen LogP contribution in [0.2, 0.25) is 0 Å². The van der Waals surface area contributed by atoms with Gasteiger partial charge in [-0.15, -0.1) is 0 Å². The van der Waals surface area contributed by atoms with Crippen molar-refractivity contribution in [3.8, 4) is 16.8 Å². The van der Waals surface area contributed by atoms with Crippen molar-refractivity contribution < 1.29 is 4.42 Å². The third kappa shape index (κ3) is 8.56. The van der Waals surface area contributed by atoms with Gasteiger partial charge in [-0.25, -0.2) is 0 Å². The van der Waals surface area contributed by atoms with E-state index in [-0.39, 0.29) is 28.4 Å². The molecule has 0 aliphatic carbocycles. The number of fused-ring (bicyclic) bond motifs is 17. The summed E-state index contributed by atoms with van der Waals surface area (Å²) in [7, 11) is 0. The van der Waals surface area contributed by atoms with E-state index in [1.807, 2.05) is 0 Å². The summed E-state index contributed by atoms with van der Waals surface area (Å²) in [4.78, 5) is 5.36. The minimum atomic E-state index is -0.137. The summed E-state index contributed by atoms with van der Waals surface area (Å²) in [6.45, 7) is 28.3. The Morgan fingerprint density at radius 2 is 0.769 bits per heavy atom. The van der Waals surface area contributed by atoms with Gasteiger partial charge in [0.25, 0.3) is 6.71 Å². The van der Waals surface area contributed by atoms with Gasteiger partial charge in [-0.1, -0.05) is 229 Å². The minimum Gasteiger partial charge on any atom is -0.454 e. The third-order valence-corrected chi connectivity index (χ3v) is 20.2. The molecule has 0 fully saturated rings. The second kappa shape index (κ2) is 19.3. The van der Waals surface area contributed by atoms with Crippen LogP contribution in [0, 0.1) is 0 Å². The second-order valence-corrected chi connectivity index (χ2v) is 30.2. The Labute approximate surface area is 534 Å². The monoisotopic (exact) mass is 1180 g/mol. The fourth-order valence-corrected chi connectivity index (χ4v) is 15.2. The fraction of sp³-hybridized carbons (Fsp3) is 0.186. The van der Waals surface area contributed by atoms with Crippen LogP contribution in [0.4, 0.5) is 34.1 Å². The van der Waals surface area contributed by atoms with E-state index in [0.717, 1.165) is 55.2 Å². The molecule has 0 atom stereocenters. The summed E-state index contributed by atoms with van der Waals surface area (Å²) in [5.74, 6) is 0. The molecule has 91 heavy (non-hydrogen) atoms. The molecule has 15 aromatic rings. The molecule has 13 aromatic carbocycles. The van der Waals surface area contributed by atoms with Crippen molar-refractivity contribution in [3.05, 3.63) is 253 Å². The highest BCUT2D eigenvalue weighted by atomic mass is 16.3. The molecule has 0 amide bonds. The van der Waals surface area contributed by atoms with Crippen LogP contribution in [-0.2, 0) is 21.7 Å². The SMILES string of the molecule is CC(C)(C)c1cc(N2c3cc4c(ccc5ccccc54)cc3B3c4cc5ccc6ccccc6c5cc4N(c4cc(C(C)(C)C)cc(C(C)(C)C)c4)c4cc(-c5ccc6c(c5)c5ccc7c8ccccc8oc7c5n6-c5ccccc5)cc2c43)cc(C(C)(C)C)c1. The van der Waals surface area contributed by atoms with Crippen LogP contribution in [-0.4, -0.2) is 11.3 Å². The molecule has 17 rings (SSSR count). The number of rotatable bonds is 4. The number of para-hydroxylation sites is 2. The van der Waals surface area contributed by atoms with Crippen molar-refractivity contribution in [1.29, 1.82) is 0 Å². The van der Waals surface area contributed by atoms with Crippen molar-refractivity contribution in [2.24, 2.45) is 0 Å². The van der Waals surface area contributed by atoms with Crippen molar-refractivity contribution in [2.45, 2.75) is 105 Å². The molecule has 0 spiro atoms. The average molecular weight is 1180 g/mol. The average Bonchev–Trinajstić information content (AvgIpc) is 1.55. The first-order valence-corrected chi connectivity index (χ1v) is 32.6. The lowest BCUT2D eigenvalue weighted by molar-refractivity contribution is 0.568. The van der Waals surface area contributed by atoms with E-state index in [1.165, 1.54) is 121 Å². The first kappa shape index (κ1) is 55.2. The quantitative estimate of drug-likeness (QED) is 0.130. The molecule has 0 saturated carbocycles. The van der Waals surface area contributed by atoms with E-state index in [2.05, 4.69) is 328 Å². The highest BCUT2D eigenvalue weighted by Crippen LogP contribution is 2.51. The Morgan fingerprint density at radius 1 is 0.308 bits per heavy atom. The van der Waals surface area contributed by atoms with Crippen LogP contribution >= 0.6 is 0 Å². The Bertz CT molecular complexity index is 5310. The number of anilines is 6. The molecular weight excluding hydrogens is 1100 g/mol. The summed E-state index contributed by atoms with van der Waals surface area (Å²) in [5, 5.41) is 14.5. The molecule has 442 valence electrons. The van der Waals surface area contributed by atoms with Crippen molar-refractivity contribution in [3.63, 3.8) is 0 Å². The zero-order chi connectivity index (χ0) is 62.4. The van der Waals surface area contributed by atoms with Gasteiger partial charge in [0, 0.05) is 61.4 Å². The Morgan fingerprint density at radius 3 is 1.29 bits per heavy atom. The van der Waals surface area contributed by atoms with Crippen LogP contribution in [0.3, 0.4) is 0 Å². The lowest BCUT2D eigenvalue weighted by Gasteiger charge is -2.45. The molecule has 4 heterocycles. The number of nitrogens with zero attached hydrogens (tertiary/aromatic N) is 3. The van der Waals surface area contributed by atoms with Gasteiger partial charge in [0.2, 0.25) is 0 Å². The fourth-order valence-electron chi connectivity index (χ4n) is 15.2. The molecule has 5 heteroatoms. The lowest BCUT2D eigenvalue weighted by Crippen LogP contribution is -2.61. The lowest BCUT2D eigenvalue weighted by atomic mass is 9.33. The predicted octanol–water partition coefficient (Wildman–Crippen LogP) is 22.2. The van der Waals surface area contributed by atoms with Gasteiger partial charge >= 0.3 is 0 Å². The molecule has 0 N–H and O–H groups in total. The van der Waals surface area contributed by atoms with Crippen LogP contribution in [0.15, 0.2) is 235 Å². The Kier molecular flexibility index (Phi) is 11.7. The van der Waals surface area contributed by atoms with Gasteiger partial charge in [-0.05, 0) is 199 Å². The first-order chi connectivity index (χ1) is 43.6. The number of hydrogen-bond acceptors (Lipinski definition) is 3. The molecule has 4 nitrogen and oxygen atoms in total. The molecule has 2 aliphatic heterocycles. The van der Waals surface area contributed by atoms with E-state index in [4.69, 9.17) is 4.42 Å². The Balaban J connectivity index is 1.04. The van der Waals surface area contributed by atoms with E-state index in [0.29, 0.717) is 0 Å². The van der Waals surface area contributed by atoms with Gasteiger partial charge in [-0.3, -0.25) is 0 Å². The van der Waals surface area contributed by atoms with Gasteiger partial charge in [-0.2, -0.15) is 0 Å². The third-order valence-electron chi connectivity index (χ3n) is 20.2. The normalized spacial score (nSPS) is 13.6. The van der Waals surface area contributed by atoms with E-state index in [9.17, 15) is 0 Å². The summed E-state index contributed by atoms with van der Waals surface area (Å²) < 4.78 is 9.35. The van der Waals surface area contributed by atoms with Crippen molar-refractivity contribution in [1.82, 2.24) is 4.57 Å². The minimum absolute atomic E-state index is 0.135. The number of hydrogen-bond donors (Lipinski definition) is 0. The number of furan rings is 1.